The minimum atomic E-state index is -0.337. The highest BCUT2D eigenvalue weighted by atomic mass is 16.2. The molecule has 0 spiro atoms. The molecular formula is C26H29N3O4. The molecule has 0 aromatic heterocycles. The first-order chi connectivity index (χ1) is 15.8. The van der Waals surface area contributed by atoms with Gasteiger partial charge in [0.1, 0.15) is 0 Å². The number of hydrogen-bond donors (Lipinski definition) is 1. The minimum Gasteiger partial charge on any atom is -0.349 e. The topological polar surface area (TPSA) is 86.8 Å². The molecule has 0 atom stereocenters. The number of aryl methyl sites for hydroxylation is 1. The van der Waals surface area contributed by atoms with Crippen molar-refractivity contribution in [3.05, 3.63) is 70.3 Å². The van der Waals surface area contributed by atoms with Crippen LogP contribution in [0.3, 0.4) is 0 Å². The maximum absolute atomic E-state index is 13.1. The Kier molecular flexibility index (Phi) is 6.31. The summed E-state index contributed by atoms with van der Waals surface area (Å²) in [6.45, 7) is 7.20. The Labute approximate surface area is 193 Å². The van der Waals surface area contributed by atoms with Gasteiger partial charge < -0.3 is 10.2 Å². The summed E-state index contributed by atoms with van der Waals surface area (Å²) in [5, 5.41) is 3.08. The smallest absolute Gasteiger partial charge is 0.261 e. The highest BCUT2D eigenvalue weighted by Crippen LogP contribution is 2.26. The van der Waals surface area contributed by atoms with Crippen molar-refractivity contribution in [3.63, 3.8) is 0 Å². The van der Waals surface area contributed by atoms with Crippen LogP contribution in [-0.4, -0.2) is 59.1 Å². The SMILES string of the molecule is Cc1ccccc1C(=O)NC1CCN(C(=O)c2ccc3c(c2)C(=O)N(CC(C)C)C3=O)CC1. The quantitative estimate of drug-likeness (QED) is 0.713. The minimum absolute atomic E-state index is 0.00460. The summed E-state index contributed by atoms with van der Waals surface area (Å²) in [6, 6.07) is 12.2. The monoisotopic (exact) mass is 447 g/mol. The number of nitrogens with zero attached hydrogens (tertiary/aromatic N) is 2. The van der Waals surface area contributed by atoms with Gasteiger partial charge in [-0.15, -0.1) is 0 Å². The van der Waals surface area contributed by atoms with Crippen molar-refractivity contribution in [1.29, 1.82) is 0 Å². The number of amides is 4. The van der Waals surface area contributed by atoms with Gasteiger partial charge in [0, 0.05) is 36.8 Å². The molecule has 2 heterocycles. The Morgan fingerprint density at radius 1 is 1.00 bits per heavy atom. The third-order valence-electron chi connectivity index (χ3n) is 6.27. The predicted molar refractivity (Wildman–Crippen MR) is 124 cm³/mol. The van der Waals surface area contributed by atoms with E-state index in [1.165, 1.54) is 4.90 Å². The van der Waals surface area contributed by atoms with Gasteiger partial charge in [0.05, 0.1) is 11.1 Å². The number of carbonyl (C=O) groups excluding carboxylic acids is 4. The standard InChI is InChI=1S/C26H29N3O4/c1-16(2)15-29-25(32)21-9-8-18(14-22(21)26(29)33)24(31)28-12-10-19(11-13-28)27-23(30)20-7-5-4-6-17(20)3/h4-9,14,16,19H,10-13,15H2,1-3H3,(H,27,30). The maximum atomic E-state index is 13.1. The Morgan fingerprint density at radius 3 is 2.33 bits per heavy atom. The molecule has 4 amide bonds. The molecule has 0 bridgehead atoms. The van der Waals surface area contributed by atoms with Crippen LogP contribution in [-0.2, 0) is 0 Å². The Hall–Kier alpha value is -3.48. The third kappa shape index (κ3) is 4.53. The van der Waals surface area contributed by atoms with Gasteiger partial charge in [0.15, 0.2) is 0 Å². The van der Waals surface area contributed by atoms with Crippen molar-refractivity contribution in [2.75, 3.05) is 19.6 Å². The number of nitrogens with one attached hydrogen (secondary N) is 1. The van der Waals surface area contributed by atoms with Crippen LogP contribution in [0.25, 0.3) is 0 Å². The fourth-order valence-electron chi connectivity index (χ4n) is 4.46. The fraction of sp³-hybridized carbons (Fsp3) is 0.385. The second kappa shape index (κ2) is 9.17. The second-order valence-corrected chi connectivity index (χ2v) is 9.23. The predicted octanol–water partition coefficient (Wildman–Crippen LogP) is 3.28. The van der Waals surface area contributed by atoms with Crippen LogP contribution in [0.5, 0.6) is 0 Å². The van der Waals surface area contributed by atoms with Gasteiger partial charge in [-0.25, -0.2) is 0 Å². The summed E-state index contributed by atoms with van der Waals surface area (Å²) in [4.78, 5) is 53.9. The molecule has 7 nitrogen and oxygen atoms in total. The van der Waals surface area contributed by atoms with E-state index in [9.17, 15) is 19.2 Å². The van der Waals surface area contributed by atoms with Crippen molar-refractivity contribution in [3.8, 4) is 0 Å². The van der Waals surface area contributed by atoms with Crippen LogP contribution in [0.2, 0.25) is 0 Å². The van der Waals surface area contributed by atoms with E-state index in [1.807, 2.05) is 45.0 Å². The summed E-state index contributed by atoms with van der Waals surface area (Å²) >= 11 is 0. The molecule has 1 fully saturated rings. The van der Waals surface area contributed by atoms with E-state index in [4.69, 9.17) is 0 Å². The Bertz CT molecular complexity index is 1120. The second-order valence-electron chi connectivity index (χ2n) is 9.23. The van der Waals surface area contributed by atoms with Crippen molar-refractivity contribution in [2.24, 2.45) is 5.92 Å². The molecule has 4 rings (SSSR count). The Balaban J connectivity index is 1.38. The van der Waals surface area contributed by atoms with E-state index in [1.54, 1.807) is 23.1 Å². The first-order valence-corrected chi connectivity index (χ1v) is 11.4. The molecule has 0 saturated carbocycles. The van der Waals surface area contributed by atoms with Gasteiger partial charge in [-0.05, 0) is 55.5 Å². The summed E-state index contributed by atoms with van der Waals surface area (Å²) in [5.74, 6) is -0.723. The van der Waals surface area contributed by atoms with Gasteiger partial charge in [0.25, 0.3) is 23.6 Å². The number of piperidine rings is 1. The lowest BCUT2D eigenvalue weighted by atomic mass is 10.0. The van der Waals surface area contributed by atoms with Crippen molar-refractivity contribution in [2.45, 2.75) is 39.7 Å². The zero-order valence-corrected chi connectivity index (χ0v) is 19.3. The maximum Gasteiger partial charge on any atom is 0.261 e. The van der Waals surface area contributed by atoms with E-state index >= 15 is 0 Å². The average Bonchev–Trinajstić information content (AvgIpc) is 3.03. The number of benzene rings is 2. The van der Waals surface area contributed by atoms with Crippen molar-refractivity contribution in [1.82, 2.24) is 15.1 Å². The van der Waals surface area contributed by atoms with Gasteiger partial charge >= 0.3 is 0 Å². The first kappa shape index (κ1) is 22.7. The zero-order chi connectivity index (χ0) is 23.7. The van der Waals surface area contributed by atoms with E-state index in [2.05, 4.69) is 5.32 Å². The molecular weight excluding hydrogens is 418 g/mol. The molecule has 2 aromatic carbocycles. The van der Waals surface area contributed by atoms with Crippen LogP contribution in [0.4, 0.5) is 0 Å². The van der Waals surface area contributed by atoms with E-state index in [-0.39, 0.29) is 35.6 Å². The summed E-state index contributed by atoms with van der Waals surface area (Å²) in [5.41, 5.74) is 2.66. The molecule has 7 heteroatoms. The molecule has 33 heavy (non-hydrogen) atoms. The zero-order valence-electron chi connectivity index (χ0n) is 19.3. The highest BCUT2D eigenvalue weighted by molar-refractivity contribution is 6.22. The number of carbonyl (C=O) groups is 4. The normalized spacial score (nSPS) is 16.4. The molecule has 1 saturated heterocycles. The lowest BCUT2D eigenvalue weighted by molar-refractivity contribution is 0.0634. The third-order valence-corrected chi connectivity index (χ3v) is 6.27. The van der Waals surface area contributed by atoms with Gasteiger partial charge in [-0.1, -0.05) is 32.0 Å². The van der Waals surface area contributed by atoms with Crippen molar-refractivity contribution < 1.29 is 19.2 Å². The van der Waals surface area contributed by atoms with Crippen LogP contribution >= 0.6 is 0 Å². The lowest BCUT2D eigenvalue weighted by Gasteiger charge is -2.32. The summed E-state index contributed by atoms with van der Waals surface area (Å²) in [6.07, 6.45) is 1.32. The van der Waals surface area contributed by atoms with Crippen LogP contribution in [0.1, 0.15) is 73.7 Å². The van der Waals surface area contributed by atoms with E-state index in [0.29, 0.717) is 54.7 Å². The van der Waals surface area contributed by atoms with Gasteiger partial charge in [-0.2, -0.15) is 0 Å². The summed E-state index contributed by atoms with van der Waals surface area (Å²) < 4.78 is 0. The molecule has 2 aromatic rings. The number of imide groups is 1. The van der Waals surface area contributed by atoms with Crippen molar-refractivity contribution >= 4 is 23.6 Å². The van der Waals surface area contributed by atoms with Crippen LogP contribution in [0.15, 0.2) is 42.5 Å². The number of likely N-dealkylation sites (tertiary alicyclic amines) is 1. The molecule has 0 aliphatic carbocycles. The Morgan fingerprint density at radius 2 is 1.67 bits per heavy atom. The number of fused-ring (bicyclic) bond motifs is 1. The average molecular weight is 448 g/mol. The van der Waals surface area contributed by atoms with Crippen LogP contribution < -0.4 is 5.32 Å². The van der Waals surface area contributed by atoms with Gasteiger partial charge in [-0.3, -0.25) is 24.1 Å². The molecule has 2 aliphatic heterocycles. The van der Waals surface area contributed by atoms with E-state index in [0.717, 1.165) is 5.56 Å². The summed E-state index contributed by atoms with van der Waals surface area (Å²) in [7, 11) is 0. The molecule has 0 unspecified atom stereocenters. The molecule has 2 aliphatic rings. The molecule has 172 valence electrons. The largest absolute Gasteiger partial charge is 0.349 e. The lowest BCUT2D eigenvalue weighted by Crippen LogP contribution is -2.46. The number of rotatable bonds is 5. The number of hydrogen-bond acceptors (Lipinski definition) is 4. The first-order valence-electron chi connectivity index (χ1n) is 11.4. The van der Waals surface area contributed by atoms with Crippen LogP contribution in [0, 0.1) is 12.8 Å². The molecule has 1 N–H and O–H groups in total. The molecule has 0 radical (unpaired) electrons. The fourth-order valence-corrected chi connectivity index (χ4v) is 4.46. The van der Waals surface area contributed by atoms with Gasteiger partial charge in [0.2, 0.25) is 0 Å². The highest BCUT2D eigenvalue weighted by Gasteiger charge is 2.36. The van der Waals surface area contributed by atoms with E-state index < -0.39 is 0 Å².